The summed E-state index contributed by atoms with van der Waals surface area (Å²) < 4.78 is 5.45. The Morgan fingerprint density at radius 2 is 2.13 bits per heavy atom. The Labute approximate surface area is 91.5 Å². The molecule has 15 heavy (non-hydrogen) atoms. The zero-order chi connectivity index (χ0) is 10.7. The first kappa shape index (κ1) is 9.79. The summed E-state index contributed by atoms with van der Waals surface area (Å²) in [5.41, 5.74) is 11.6. The summed E-state index contributed by atoms with van der Waals surface area (Å²) in [6, 6.07) is 7.38. The molecule has 0 atom stereocenters. The van der Waals surface area contributed by atoms with Gasteiger partial charge in [0, 0.05) is 10.9 Å². The van der Waals surface area contributed by atoms with Crippen LogP contribution in [0.3, 0.4) is 0 Å². The number of nitrogen functional groups attached to an aromatic ring is 2. The molecule has 5 heteroatoms. The van der Waals surface area contributed by atoms with E-state index in [1.807, 2.05) is 17.5 Å². The molecule has 2 aromatic rings. The Kier molecular flexibility index (Phi) is 2.73. The number of rotatable bonds is 3. The summed E-state index contributed by atoms with van der Waals surface area (Å²) in [6.45, 7) is 0.508. The van der Waals surface area contributed by atoms with Crippen molar-refractivity contribution in [3.63, 3.8) is 0 Å². The summed E-state index contributed by atoms with van der Waals surface area (Å²) >= 11 is 1.64. The number of anilines is 2. The molecule has 0 saturated heterocycles. The van der Waals surface area contributed by atoms with Gasteiger partial charge in [-0.15, -0.1) is 11.3 Å². The summed E-state index contributed by atoms with van der Waals surface area (Å²) in [6.07, 6.45) is 0. The third-order valence-corrected chi connectivity index (χ3v) is 2.72. The molecule has 0 fully saturated rings. The minimum atomic E-state index is 0.304. The second kappa shape index (κ2) is 4.18. The van der Waals surface area contributed by atoms with Crippen molar-refractivity contribution >= 4 is 22.8 Å². The molecule has 0 unspecified atom stereocenters. The molecule has 0 aliphatic rings. The molecule has 0 aliphatic carbocycles. The Hall–Kier alpha value is -1.75. The molecule has 0 bridgehead atoms. The fourth-order valence-electron chi connectivity index (χ4n) is 1.09. The summed E-state index contributed by atoms with van der Waals surface area (Å²) in [5.74, 6) is 0.800. The SMILES string of the molecule is Nc1ccc(OCc2cccs2)nc1N. The van der Waals surface area contributed by atoms with Gasteiger partial charge in [-0.05, 0) is 17.5 Å². The molecule has 0 spiro atoms. The molecular formula is C10H11N3OS. The molecule has 2 rings (SSSR count). The van der Waals surface area contributed by atoms with Crippen LogP contribution in [0.25, 0.3) is 0 Å². The average molecular weight is 221 g/mol. The summed E-state index contributed by atoms with van der Waals surface area (Å²) in [4.78, 5) is 5.15. The maximum absolute atomic E-state index is 5.56. The number of hydrogen-bond donors (Lipinski definition) is 2. The highest BCUT2D eigenvalue weighted by molar-refractivity contribution is 7.09. The third kappa shape index (κ3) is 2.38. The second-order valence-electron chi connectivity index (χ2n) is 2.99. The van der Waals surface area contributed by atoms with E-state index in [-0.39, 0.29) is 0 Å². The average Bonchev–Trinajstić information content (AvgIpc) is 2.73. The summed E-state index contributed by atoms with van der Waals surface area (Å²) in [7, 11) is 0. The van der Waals surface area contributed by atoms with Gasteiger partial charge in [0.25, 0.3) is 0 Å². The Bertz CT molecular complexity index is 442. The first-order valence-electron chi connectivity index (χ1n) is 4.43. The van der Waals surface area contributed by atoms with Crippen LogP contribution >= 0.6 is 11.3 Å². The quantitative estimate of drug-likeness (QED) is 0.830. The number of nitrogens with two attached hydrogens (primary N) is 2. The molecule has 2 heterocycles. The number of hydrogen-bond acceptors (Lipinski definition) is 5. The largest absolute Gasteiger partial charge is 0.472 e. The Morgan fingerprint density at radius 3 is 2.80 bits per heavy atom. The lowest BCUT2D eigenvalue weighted by molar-refractivity contribution is 0.298. The standard InChI is InChI=1S/C10H11N3OS/c11-8-3-4-9(13-10(8)12)14-6-7-2-1-5-15-7/h1-5H,6,11H2,(H2,12,13). The van der Waals surface area contributed by atoms with Gasteiger partial charge in [-0.1, -0.05) is 6.07 Å². The predicted molar refractivity (Wildman–Crippen MR) is 61.7 cm³/mol. The third-order valence-electron chi connectivity index (χ3n) is 1.87. The topological polar surface area (TPSA) is 74.2 Å². The first-order valence-corrected chi connectivity index (χ1v) is 5.31. The normalized spacial score (nSPS) is 10.1. The highest BCUT2D eigenvalue weighted by Gasteiger charge is 2.01. The number of nitrogens with zero attached hydrogens (tertiary/aromatic N) is 1. The van der Waals surface area contributed by atoms with Crippen molar-refractivity contribution in [2.45, 2.75) is 6.61 Å². The van der Waals surface area contributed by atoms with Gasteiger partial charge in [-0.2, -0.15) is 4.98 Å². The van der Waals surface area contributed by atoms with Gasteiger partial charge in [-0.3, -0.25) is 0 Å². The molecule has 0 radical (unpaired) electrons. The molecule has 0 saturated carbocycles. The van der Waals surface area contributed by atoms with Gasteiger partial charge >= 0.3 is 0 Å². The van der Waals surface area contributed by atoms with Crippen molar-refractivity contribution < 1.29 is 4.74 Å². The van der Waals surface area contributed by atoms with Gasteiger partial charge in [-0.25, -0.2) is 0 Å². The van der Waals surface area contributed by atoms with E-state index in [1.165, 1.54) is 0 Å². The van der Waals surface area contributed by atoms with Gasteiger partial charge in [0.05, 0.1) is 5.69 Å². The zero-order valence-corrected chi connectivity index (χ0v) is 8.83. The van der Waals surface area contributed by atoms with Crippen molar-refractivity contribution in [1.29, 1.82) is 0 Å². The summed E-state index contributed by atoms with van der Waals surface area (Å²) in [5, 5.41) is 2.00. The van der Waals surface area contributed by atoms with Crippen LogP contribution < -0.4 is 16.2 Å². The highest BCUT2D eigenvalue weighted by atomic mass is 32.1. The lowest BCUT2D eigenvalue weighted by atomic mass is 10.4. The Balaban J connectivity index is 2.02. The van der Waals surface area contributed by atoms with Crippen LogP contribution in [0, 0.1) is 0 Å². The molecule has 0 aromatic carbocycles. The van der Waals surface area contributed by atoms with E-state index < -0.39 is 0 Å². The van der Waals surface area contributed by atoms with Crippen LogP contribution in [0.15, 0.2) is 29.6 Å². The molecule has 4 N–H and O–H groups in total. The molecule has 4 nitrogen and oxygen atoms in total. The second-order valence-corrected chi connectivity index (χ2v) is 4.02. The minimum Gasteiger partial charge on any atom is -0.472 e. The van der Waals surface area contributed by atoms with Crippen LogP contribution in [0.5, 0.6) is 5.88 Å². The highest BCUT2D eigenvalue weighted by Crippen LogP contribution is 2.18. The maximum atomic E-state index is 5.56. The van der Waals surface area contributed by atoms with Crippen molar-refractivity contribution in [3.05, 3.63) is 34.5 Å². The van der Waals surface area contributed by atoms with Crippen molar-refractivity contribution in [1.82, 2.24) is 4.98 Å². The Morgan fingerprint density at radius 1 is 1.27 bits per heavy atom. The molecule has 78 valence electrons. The minimum absolute atomic E-state index is 0.304. The predicted octanol–water partition coefficient (Wildman–Crippen LogP) is 1.89. The van der Waals surface area contributed by atoms with E-state index in [1.54, 1.807) is 23.5 Å². The smallest absolute Gasteiger partial charge is 0.215 e. The molecule has 2 aromatic heterocycles. The van der Waals surface area contributed by atoms with E-state index in [4.69, 9.17) is 16.2 Å². The first-order chi connectivity index (χ1) is 7.25. The van der Waals surface area contributed by atoms with E-state index in [0.717, 1.165) is 4.88 Å². The van der Waals surface area contributed by atoms with E-state index in [0.29, 0.717) is 24.0 Å². The van der Waals surface area contributed by atoms with Gasteiger partial charge in [0.15, 0.2) is 5.82 Å². The maximum Gasteiger partial charge on any atom is 0.215 e. The van der Waals surface area contributed by atoms with E-state index in [2.05, 4.69) is 4.98 Å². The molecule has 0 amide bonds. The van der Waals surface area contributed by atoms with Crippen LogP contribution in [0.4, 0.5) is 11.5 Å². The van der Waals surface area contributed by atoms with Crippen molar-refractivity contribution in [2.75, 3.05) is 11.5 Å². The molecular weight excluding hydrogens is 210 g/mol. The fourth-order valence-corrected chi connectivity index (χ4v) is 1.70. The monoisotopic (exact) mass is 221 g/mol. The number of aromatic nitrogens is 1. The van der Waals surface area contributed by atoms with Gasteiger partial charge < -0.3 is 16.2 Å². The number of thiophene rings is 1. The lowest BCUT2D eigenvalue weighted by Gasteiger charge is -2.05. The lowest BCUT2D eigenvalue weighted by Crippen LogP contribution is -2.01. The van der Waals surface area contributed by atoms with Crippen molar-refractivity contribution in [2.24, 2.45) is 0 Å². The van der Waals surface area contributed by atoms with E-state index >= 15 is 0 Å². The molecule has 0 aliphatic heterocycles. The van der Waals surface area contributed by atoms with Crippen molar-refractivity contribution in [3.8, 4) is 5.88 Å². The van der Waals surface area contributed by atoms with E-state index in [9.17, 15) is 0 Å². The number of ether oxygens (including phenoxy) is 1. The van der Waals surface area contributed by atoms with Crippen LogP contribution in [0.2, 0.25) is 0 Å². The van der Waals surface area contributed by atoms with Gasteiger partial charge in [0.2, 0.25) is 5.88 Å². The van der Waals surface area contributed by atoms with Crippen LogP contribution in [-0.4, -0.2) is 4.98 Å². The fraction of sp³-hybridized carbons (Fsp3) is 0.100. The number of pyridine rings is 1. The van der Waals surface area contributed by atoms with Crippen LogP contribution in [-0.2, 0) is 6.61 Å². The zero-order valence-electron chi connectivity index (χ0n) is 8.01. The van der Waals surface area contributed by atoms with Crippen LogP contribution in [0.1, 0.15) is 4.88 Å². The van der Waals surface area contributed by atoms with Gasteiger partial charge in [0.1, 0.15) is 6.61 Å².